The van der Waals surface area contributed by atoms with Crippen LogP contribution in [0.3, 0.4) is 0 Å². The molecule has 0 bridgehead atoms. The van der Waals surface area contributed by atoms with Gasteiger partial charge in [0, 0.05) is 24.4 Å². The minimum atomic E-state index is -0.826. The number of hydrogen-bond acceptors (Lipinski definition) is 7. The minimum Gasteiger partial charge on any atom is -0.469 e. The molecule has 8 heteroatoms. The van der Waals surface area contributed by atoms with Crippen molar-refractivity contribution in [2.75, 3.05) is 31.7 Å². The molecule has 0 aliphatic carbocycles. The molecule has 0 saturated carbocycles. The van der Waals surface area contributed by atoms with Gasteiger partial charge in [-0.05, 0) is 75.9 Å². The first kappa shape index (κ1) is 29.5. The van der Waals surface area contributed by atoms with E-state index >= 15 is 0 Å². The van der Waals surface area contributed by atoms with Gasteiger partial charge in [0.15, 0.2) is 0 Å². The zero-order valence-electron chi connectivity index (χ0n) is 22.7. The Morgan fingerprint density at radius 3 is 1.95 bits per heavy atom. The number of rotatable bonds is 13. The number of carbonyl (C=O) groups is 2. The first-order chi connectivity index (χ1) is 17.5. The Labute approximate surface area is 219 Å². The molecule has 2 aromatic rings. The molecule has 37 heavy (non-hydrogen) atoms. The van der Waals surface area contributed by atoms with Crippen molar-refractivity contribution >= 4 is 35.5 Å². The number of hydrogen-bond donors (Lipinski definition) is 0. The third-order valence-corrected chi connectivity index (χ3v) is 6.65. The van der Waals surface area contributed by atoms with Gasteiger partial charge in [0.25, 0.3) is 5.69 Å². The zero-order chi connectivity index (χ0) is 27.6. The van der Waals surface area contributed by atoms with E-state index in [1.54, 1.807) is 26.0 Å². The number of carbonyl (C=O) groups excluding carboxylic acids is 2. The van der Waals surface area contributed by atoms with Crippen molar-refractivity contribution in [1.82, 2.24) is 0 Å². The Morgan fingerprint density at radius 1 is 0.946 bits per heavy atom. The number of esters is 2. The molecule has 1 atom stereocenters. The van der Waals surface area contributed by atoms with E-state index < -0.39 is 15.8 Å². The van der Waals surface area contributed by atoms with E-state index in [2.05, 4.69) is 4.90 Å². The quantitative estimate of drug-likeness (QED) is 0.138. The summed E-state index contributed by atoms with van der Waals surface area (Å²) < 4.78 is 10.6. The number of ether oxygens (including phenoxy) is 2. The van der Waals surface area contributed by atoms with Crippen LogP contribution in [0.5, 0.6) is 0 Å². The highest BCUT2D eigenvalue weighted by Crippen LogP contribution is 2.38. The summed E-state index contributed by atoms with van der Waals surface area (Å²) in [5.41, 5.74) is 1.37. The molecule has 0 heterocycles. The summed E-state index contributed by atoms with van der Waals surface area (Å²) in [6.45, 7) is 10.9. The first-order valence-corrected chi connectivity index (χ1v) is 12.5. The van der Waals surface area contributed by atoms with Gasteiger partial charge >= 0.3 is 11.9 Å². The lowest BCUT2D eigenvalue weighted by Crippen LogP contribution is -2.39. The van der Waals surface area contributed by atoms with Crippen LogP contribution in [-0.4, -0.2) is 43.7 Å². The number of benzene rings is 2. The molecule has 1 unspecified atom stereocenters. The lowest BCUT2D eigenvalue weighted by Gasteiger charge is -2.33. The molecule has 0 aliphatic heterocycles. The maximum Gasteiger partial charge on any atom is 0.311 e. The highest BCUT2D eigenvalue weighted by molar-refractivity contribution is 5.80. The number of nitro groups is 1. The molecule has 2 aromatic carbocycles. The molecule has 200 valence electrons. The molecular formula is C29H38N2O6. The summed E-state index contributed by atoms with van der Waals surface area (Å²) in [6.07, 6.45) is 4.76. The van der Waals surface area contributed by atoms with Crippen molar-refractivity contribution in [2.24, 2.45) is 10.8 Å². The average molecular weight is 511 g/mol. The molecule has 0 aromatic heterocycles. The molecule has 2 rings (SSSR count). The van der Waals surface area contributed by atoms with Gasteiger partial charge in [-0.2, -0.15) is 0 Å². The second-order valence-electron chi connectivity index (χ2n) is 9.96. The zero-order valence-corrected chi connectivity index (χ0v) is 22.7. The summed E-state index contributed by atoms with van der Waals surface area (Å²) in [7, 11) is 1.36. The fraction of sp³-hybridized carbons (Fsp3) is 0.448. The van der Waals surface area contributed by atoms with Crippen LogP contribution in [-0.2, 0) is 19.1 Å². The van der Waals surface area contributed by atoms with Crippen molar-refractivity contribution in [3.63, 3.8) is 0 Å². The second-order valence-corrected chi connectivity index (χ2v) is 9.96. The molecule has 0 N–H and O–H groups in total. The average Bonchev–Trinajstić information content (AvgIpc) is 2.89. The maximum atomic E-state index is 12.8. The Kier molecular flexibility index (Phi) is 10.4. The molecule has 0 radical (unpaired) electrons. The van der Waals surface area contributed by atoms with Gasteiger partial charge in [-0.1, -0.05) is 31.2 Å². The predicted molar refractivity (Wildman–Crippen MR) is 146 cm³/mol. The standard InChI is InChI=1S/C29H38N2O6/c1-7-29(5,27(33)36-6)21-28(3,4)26(32)37-20-19-30(8-2)24-15-11-22(12-16-24)9-10-23-13-17-25(18-14-23)31(34)35/h9-18H,7-8,19-21H2,1-6H3/b10-9+. The summed E-state index contributed by atoms with van der Waals surface area (Å²) in [6, 6.07) is 14.4. The molecule has 0 amide bonds. The lowest BCUT2D eigenvalue weighted by atomic mass is 9.72. The van der Waals surface area contributed by atoms with Gasteiger partial charge in [0.05, 0.1) is 29.4 Å². The SMILES string of the molecule is CCN(CCOC(=O)C(C)(C)CC(C)(CC)C(=O)OC)c1ccc(/C=C/c2ccc([N+](=O)[O-])cc2)cc1. The van der Waals surface area contributed by atoms with Crippen LogP contribution in [0, 0.1) is 20.9 Å². The van der Waals surface area contributed by atoms with Crippen molar-refractivity contribution in [1.29, 1.82) is 0 Å². The predicted octanol–water partition coefficient (Wildman–Crippen LogP) is 6.14. The van der Waals surface area contributed by atoms with Crippen molar-refractivity contribution in [3.8, 4) is 0 Å². The van der Waals surface area contributed by atoms with Crippen LogP contribution >= 0.6 is 0 Å². The van der Waals surface area contributed by atoms with Gasteiger partial charge in [-0.3, -0.25) is 19.7 Å². The van der Waals surface area contributed by atoms with Gasteiger partial charge in [0.1, 0.15) is 6.61 Å². The van der Waals surface area contributed by atoms with Gasteiger partial charge in [0.2, 0.25) is 0 Å². The van der Waals surface area contributed by atoms with Crippen molar-refractivity contribution in [3.05, 3.63) is 69.8 Å². The Balaban J connectivity index is 1.94. The van der Waals surface area contributed by atoms with E-state index in [0.29, 0.717) is 19.4 Å². The fourth-order valence-corrected chi connectivity index (χ4v) is 4.25. The van der Waals surface area contributed by atoms with Crippen LogP contribution in [0.15, 0.2) is 48.5 Å². The smallest absolute Gasteiger partial charge is 0.311 e. The summed E-state index contributed by atoms with van der Waals surface area (Å²) in [4.78, 5) is 37.5. The van der Waals surface area contributed by atoms with Crippen LogP contribution in [0.1, 0.15) is 58.6 Å². The molecule has 0 aliphatic rings. The first-order valence-electron chi connectivity index (χ1n) is 12.5. The molecule has 0 spiro atoms. The largest absolute Gasteiger partial charge is 0.469 e. The van der Waals surface area contributed by atoms with Crippen LogP contribution in [0.2, 0.25) is 0 Å². The third kappa shape index (κ3) is 8.17. The molecular weight excluding hydrogens is 472 g/mol. The molecule has 8 nitrogen and oxygen atoms in total. The van der Waals surface area contributed by atoms with E-state index in [1.165, 1.54) is 19.2 Å². The van der Waals surface area contributed by atoms with Crippen molar-refractivity contribution < 1.29 is 24.0 Å². The Hall–Kier alpha value is -3.68. The maximum absolute atomic E-state index is 12.8. The number of nitrogens with zero attached hydrogens (tertiary/aromatic N) is 2. The molecule has 0 fully saturated rings. The number of non-ortho nitro benzene ring substituents is 1. The number of methoxy groups -OCH3 is 1. The van der Waals surface area contributed by atoms with Gasteiger partial charge < -0.3 is 14.4 Å². The van der Waals surface area contributed by atoms with Crippen LogP contribution < -0.4 is 4.90 Å². The number of likely N-dealkylation sites (N-methyl/N-ethyl adjacent to an activating group) is 1. The molecule has 0 saturated heterocycles. The topological polar surface area (TPSA) is 99.0 Å². The van der Waals surface area contributed by atoms with Gasteiger partial charge in [-0.15, -0.1) is 0 Å². The monoisotopic (exact) mass is 510 g/mol. The van der Waals surface area contributed by atoms with E-state index in [1.807, 2.05) is 57.2 Å². The van der Waals surface area contributed by atoms with E-state index in [4.69, 9.17) is 9.47 Å². The highest BCUT2D eigenvalue weighted by atomic mass is 16.6. The van der Waals surface area contributed by atoms with E-state index in [9.17, 15) is 19.7 Å². The van der Waals surface area contributed by atoms with E-state index in [-0.39, 0.29) is 24.2 Å². The van der Waals surface area contributed by atoms with Crippen LogP contribution in [0.4, 0.5) is 11.4 Å². The number of anilines is 1. The fourth-order valence-electron chi connectivity index (χ4n) is 4.25. The summed E-state index contributed by atoms with van der Waals surface area (Å²) in [5.74, 6) is -0.655. The highest BCUT2D eigenvalue weighted by Gasteiger charge is 2.42. The summed E-state index contributed by atoms with van der Waals surface area (Å²) >= 11 is 0. The Morgan fingerprint density at radius 2 is 1.49 bits per heavy atom. The number of nitro benzene ring substituents is 1. The van der Waals surface area contributed by atoms with Crippen LogP contribution in [0.25, 0.3) is 12.2 Å². The second kappa shape index (κ2) is 13.0. The Bertz CT molecular complexity index is 1090. The third-order valence-electron chi connectivity index (χ3n) is 6.65. The van der Waals surface area contributed by atoms with Crippen molar-refractivity contribution in [2.45, 2.75) is 47.5 Å². The van der Waals surface area contributed by atoms with Gasteiger partial charge in [-0.25, -0.2) is 0 Å². The van der Waals surface area contributed by atoms with E-state index in [0.717, 1.165) is 23.4 Å². The minimum absolute atomic E-state index is 0.0658. The summed E-state index contributed by atoms with van der Waals surface area (Å²) in [5, 5.41) is 10.8. The lowest BCUT2D eigenvalue weighted by molar-refractivity contribution is -0.384. The normalized spacial score (nSPS) is 13.1.